The molecule has 7 heteroatoms. The Balaban J connectivity index is 1.60. The van der Waals surface area contributed by atoms with Gasteiger partial charge in [0.15, 0.2) is 0 Å². The Bertz CT molecular complexity index is 1370. The second kappa shape index (κ2) is 7.05. The Morgan fingerprint density at radius 2 is 1.94 bits per heavy atom. The predicted molar refractivity (Wildman–Crippen MR) is 118 cm³/mol. The highest BCUT2D eigenvalue weighted by Crippen LogP contribution is 2.38. The van der Waals surface area contributed by atoms with E-state index in [9.17, 15) is 14.3 Å². The number of pyridine rings is 1. The number of carboxylic acids is 1. The number of aryl methyl sites for hydroxylation is 1. The molecule has 0 atom stereocenters. The van der Waals surface area contributed by atoms with Gasteiger partial charge in [-0.25, -0.2) is 9.18 Å². The summed E-state index contributed by atoms with van der Waals surface area (Å²) >= 11 is 0. The molecule has 0 fully saturated rings. The molecule has 0 unspecified atom stereocenters. The number of carbonyl (C=O) groups is 1. The molecule has 0 amide bonds. The zero-order valence-corrected chi connectivity index (χ0v) is 17.0. The van der Waals surface area contributed by atoms with Crippen LogP contribution < -0.4 is 4.90 Å². The number of halogens is 1. The molecule has 0 saturated heterocycles. The van der Waals surface area contributed by atoms with Crippen LogP contribution in [0.2, 0.25) is 0 Å². The predicted octanol–water partition coefficient (Wildman–Crippen LogP) is 4.67. The van der Waals surface area contributed by atoms with E-state index in [-0.39, 0.29) is 11.4 Å². The molecule has 31 heavy (non-hydrogen) atoms. The van der Waals surface area contributed by atoms with Gasteiger partial charge in [0.05, 0.1) is 22.6 Å². The second-order valence-corrected chi connectivity index (χ2v) is 7.55. The minimum absolute atomic E-state index is 0.277. The fraction of sp³-hybridized carbons (Fsp3) is 0.125. The van der Waals surface area contributed by atoms with Crippen LogP contribution in [-0.2, 0) is 13.5 Å². The molecule has 4 aromatic rings. The summed E-state index contributed by atoms with van der Waals surface area (Å²) in [6.45, 7) is 0. The second-order valence-electron chi connectivity index (χ2n) is 7.55. The van der Waals surface area contributed by atoms with E-state index in [1.54, 1.807) is 12.1 Å². The zero-order valence-electron chi connectivity index (χ0n) is 17.0. The third-order valence-corrected chi connectivity index (χ3v) is 5.72. The van der Waals surface area contributed by atoms with Crippen molar-refractivity contribution in [1.29, 1.82) is 0 Å². The van der Waals surface area contributed by atoms with Crippen LogP contribution in [0.3, 0.4) is 0 Å². The SMILES string of the molecule is CN(c1ccc(F)cc1)c1cccc2c(C3=Cc4nccc(C(=O)O)c4C3)n(C)nc12. The summed E-state index contributed by atoms with van der Waals surface area (Å²) in [5, 5.41) is 15.2. The van der Waals surface area contributed by atoms with E-state index >= 15 is 0 Å². The summed E-state index contributed by atoms with van der Waals surface area (Å²) in [6.07, 6.45) is 3.95. The maximum absolute atomic E-state index is 13.3. The van der Waals surface area contributed by atoms with Crippen molar-refractivity contribution in [3.05, 3.63) is 83.1 Å². The first-order chi connectivity index (χ1) is 14.9. The van der Waals surface area contributed by atoms with Crippen LogP contribution in [0.15, 0.2) is 54.7 Å². The molecule has 1 N–H and O–H groups in total. The van der Waals surface area contributed by atoms with Crippen LogP contribution in [0.4, 0.5) is 15.8 Å². The molecular weight excluding hydrogens is 395 g/mol. The molecule has 0 bridgehead atoms. The standard InChI is InChI=1S/C24H19FN4O2/c1-28(16-8-6-15(25)7-9-16)21-5-3-4-18-22(21)27-29(2)23(18)14-12-19-17(24(30)31)10-11-26-20(19)13-14/h3-11,13H,12H2,1-2H3,(H,30,31). The van der Waals surface area contributed by atoms with Crippen molar-refractivity contribution in [1.82, 2.24) is 14.8 Å². The van der Waals surface area contributed by atoms with Crippen molar-refractivity contribution in [3.8, 4) is 0 Å². The lowest BCUT2D eigenvalue weighted by Crippen LogP contribution is -2.09. The van der Waals surface area contributed by atoms with Gasteiger partial charge >= 0.3 is 5.97 Å². The van der Waals surface area contributed by atoms with Crippen LogP contribution in [0.5, 0.6) is 0 Å². The van der Waals surface area contributed by atoms with Gasteiger partial charge < -0.3 is 10.0 Å². The van der Waals surface area contributed by atoms with E-state index in [4.69, 9.17) is 5.10 Å². The molecule has 0 saturated carbocycles. The first-order valence-corrected chi connectivity index (χ1v) is 9.81. The first kappa shape index (κ1) is 19.0. The Morgan fingerprint density at radius 1 is 1.16 bits per heavy atom. The van der Waals surface area contributed by atoms with E-state index in [1.807, 2.05) is 48.0 Å². The third-order valence-electron chi connectivity index (χ3n) is 5.72. The lowest BCUT2D eigenvalue weighted by molar-refractivity contribution is 0.0695. The number of aromatic carboxylic acids is 1. The Kier molecular flexibility index (Phi) is 4.32. The Labute approximate surface area is 177 Å². The van der Waals surface area contributed by atoms with E-state index in [0.717, 1.165) is 39.1 Å². The van der Waals surface area contributed by atoms with Gasteiger partial charge in [-0.3, -0.25) is 9.67 Å². The highest BCUT2D eigenvalue weighted by atomic mass is 19.1. The molecule has 6 nitrogen and oxygen atoms in total. The van der Waals surface area contributed by atoms with Crippen LogP contribution in [-0.4, -0.2) is 32.9 Å². The van der Waals surface area contributed by atoms with Gasteiger partial charge in [0.2, 0.25) is 0 Å². The van der Waals surface area contributed by atoms with Crippen molar-refractivity contribution < 1.29 is 14.3 Å². The number of carboxylic acid groups (broad SMARTS) is 1. The number of hydrogen-bond donors (Lipinski definition) is 1. The molecule has 1 aliphatic rings. The summed E-state index contributed by atoms with van der Waals surface area (Å²) in [5.41, 5.74) is 6.15. The summed E-state index contributed by atoms with van der Waals surface area (Å²) in [4.78, 5) is 17.9. The van der Waals surface area contributed by atoms with Crippen molar-refractivity contribution in [2.24, 2.45) is 7.05 Å². The van der Waals surface area contributed by atoms with Crippen molar-refractivity contribution >= 4 is 39.9 Å². The van der Waals surface area contributed by atoms with Crippen molar-refractivity contribution in [2.45, 2.75) is 6.42 Å². The van der Waals surface area contributed by atoms with Gasteiger partial charge in [0, 0.05) is 37.8 Å². The summed E-state index contributed by atoms with van der Waals surface area (Å²) in [6, 6.07) is 13.8. The number of nitrogens with zero attached hydrogens (tertiary/aromatic N) is 4. The summed E-state index contributed by atoms with van der Waals surface area (Å²) < 4.78 is 15.2. The van der Waals surface area contributed by atoms with Gasteiger partial charge in [0.1, 0.15) is 11.3 Å². The maximum Gasteiger partial charge on any atom is 0.336 e. The number of fused-ring (bicyclic) bond motifs is 2. The molecule has 0 radical (unpaired) electrons. The van der Waals surface area contributed by atoms with Crippen LogP contribution in [0.25, 0.3) is 22.6 Å². The average Bonchev–Trinajstić information content (AvgIpc) is 3.32. The van der Waals surface area contributed by atoms with Crippen LogP contribution in [0, 0.1) is 5.82 Å². The summed E-state index contributed by atoms with van der Waals surface area (Å²) in [7, 11) is 3.80. The molecule has 2 heterocycles. The van der Waals surface area contributed by atoms with E-state index in [2.05, 4.69) is 4.98 Å². The lowest BCUT2D eigenvalue weighted by atomic mass is 10.0. The number of anilines is 2. The molecule has 2 aromatic heterocycles. The van der Waals surface area contributed by atoms with Gasteiger partial charge in [-0.2, -0.15) is 5.10 Å². The van der Waals surface area contributed by atoms with E-state index in [0.29, 0.717) is 12.1 Å². The number of allylic oxidation sites excluding steroid dienone is 1. The van der Waals surface area contributed by atoms with Crippen LogP contribution >= 0.6 is 0 Å². The molecule has 0 spiro atoms. The summed E-state index contributed by atoms with van der Waals surface area (Å²) in [5.74, 6) is -1.23. The molecule has 1 aliphatic carbocycles. The monoisotopic (exact) mass is 414 g/mol. The van der Waals surface area contributed by atoms with Gasteiger partial charge in [-0.15, -0.1) is 0 Å². The Hall–Kier alpha value is -4.00. The molecular formula is C24H19FN4O2. The van der Waals surface area contributed by atoms with E-state index in [1.165, 1.54) is 24.4 Å². The van der Waals surface area contributed by atoms with Gasteiger partial charge in [-0.05, 0) is 53.6 Å². The van der Waals surface area contributed by atoms with Gasteiger partial charge in [0.25, 0.3) is 0 Å². The molecule has 2 aromatic carbocycles. The van der Waals surface area contributed by atoms with Crippen molar-refractivity contribution in [3.63, 3.8) is 0 Å². The number of rotatable bonds is 4. The number of benzene rings is 2. The highest BCUT2D eigenvalue weighted by molar-refractivity contribution is 6.04. The minimum Gasteiger partial charge on any atom is -0.478 e. The minimum atomic E-state index is -0.952. The normalized spacial score (nSPS) is 12.7. The van der Waals surface area contributed by atoms with Gasteiger partial charge in [-0.1, -0.05) is 12.1 Å². The molecule has 154 valence electrons. The molecule has 0 aliphatic heterocycles. The van der Waals surface area contributed by atoms with E-state index < -0.39 is 5.97 Å². The quantitative estimate of drug-likeness (QED) is 0.525. The first-order valence-electron chi connectivity index (χ1n) is 9.81. The number of hydrogen-bond acceptors (Lipinski definition) is 4. The fourth-order valence-electron chi connectivity index (χ4n) is 4.23. The topological polar surface area (TPSA) is 71.2 Å². The largest absolute Gasteiger partial charge is 0.478 e. The van der Waals surface area contributed by atoms with Crippen molar-refractivity contribution in [2.75, 3.05) is 11.9 Å². The molecule has 5 rings (SSSR count). The smallest absolute Gasteiger partial charge is 0.336 e. The lowest BCUT2D eigenvalue weighted by Gasteiger charge is -2.19. The van der Waals surface area contributed by atoms with Crippen LogP contribution in [0.1, 0.15) is 27.3 Å². The third kappa shape index (κ3) is 3.06. The average molecular weight is 414 g/mol. The zero-order chi connectivity index (χ0) is 21.7. The maximum atomic E-state index is 13.3. The Morgan fingerprint density at radius 3 is 2.68 bits per heavy atom. The highest BCUT2D eigenvalue weighted by Gasteiger charge is 2.25. The fourth-order valence-corrected chi connectivity index (χ4v) is 4.23. The number of aromatic nitrogens is 3.